The van der Waals surface area contributed by atoms with Crippen LogP contribution < -0.4 is 0 Å². The van der Waals surface area contributed by atoms with E-state index in [1.54, 1.807) is 12.1 Å². The number of nitrogens with zero attached hydrogens (tertiary/aromatic N) is 3. The lowest BCUT2D eigenvalue weighted by Crippen LogP contribution is -2.24. The molecule has 0 N–H and O–H groups in total. The maximum atomic E-state index is 6.25. The minimum atomic E-state index is 0.240. The maximum Gasteiger partial charge on any atom is 0.165 e. The minimum absolute atomic E-state index is 0.240. The van der Waals surface area contributed by atoms with Crippen LogP contribution in [0.2, 0.25) is 10.0 Å². The number of halogens is 2. The molecule has 2 heterocycles. The first-order valence-corrected chi connectivity index (χ1v) is 6.93. The molecule has 1 atom stereocenters. The van der Waals surface area contributed by atoms with Gasteiger partial charge in [0.2, 0.25) is 0 Å². The Morgan fingerprint density at radius 2 is 2.21 bits per heavy atom. The van der Waals surface area contributed by atoms with Crippen LogP contribution in [0.25, 0.3) is 11.4 Å². The zero-order valence-corrected chi connectivity index (χ0v) is 11.9. The Morgan fingerprint density at radius 1 is 1.37 bits per heavy atom. The third-order valence-electron chi connectivity index (χ3n) is 3.31. The van der Waals surface area contributed by atoms with Crippen molar-refractivity contribution >= 4 is 23.2 Å². The zero-order valence-electron chi connectivity index (χ0n) is 10.4. The predicted octanol–water partition coefficient (Wildman–Crippen LogP) is 3.73. The van der Waals surface area contributed by atoms with Gasteiger partial charge < -0.3 is 9.30 Å². The number of aromatic nitrogens is 3. The van der Waals surface area contributed by atoms with Crippen LogP contribution >= 0.6 is 23.2 Å². The van der Waals surface area contributed by atoms with Gasteiger partial charge in [0.05, 0.1) is 17.7 Å². The summed E-state index contributed by atoms with van der Waals surface area (Å²) >= 11 is 12.3. The van der Waals surface area contributed by atoms with E-state index in [2.05, 4.69) is 21.7 Å². The fraction of sp³-hybridized carbons (Fsp3) is 0.385. The van der Waals surface area contributed by atoms with Crippen molar-refractivity contribution in [1.29, 1.82) is 0 Å². The van der Waals surface area contributed by atoms with Crippen LogP contribution in [0.15, 0.2) is 18.2 Å². The Labute approximate surface area is 121 Å². The van der Waals surface area contributed by atoms with Gasteiger partial charge in [-0.3, -0.25) is 0 Å². The van der Waals surface area contributed by atoms with Crippen LogP contribution in [-0.4, -0.2) is 21.4 Å². The van der Waals surface area contributed by atoms with E-state index in [9.17, 15) is 0 Å². The van der Waals surface area contributed by atoms with E-state index in [-0.39, 0.29) is 6.04 Å². The summed E-state index contributed by atoms with van der Waals surface area (Å²) in [6.07, 6.45) is 0.955. The fourth-order valence-electron chi connectivity index (χ4n) is 2.32. The second kappa shape index (κ2) is 5.12. The molecule has 6 heteroatoms. The van der Waals surface area contributed by atoms with E-state index in [4.69, 9.17) is 27.9 Å². The molecule has 1 aliphatic rings. The normalized spacial score (nSPS) is 18.4. The van der Waals surface area contributed by atoms with Gasteiger partial charge in [0, 0.05) is 10.6 Å². The fourth-order valence-corrected chi connectivity index (χ4v) is 2.69. The van der Waals surface area contributed by atoms with Crippen LogP contribution in [0.3, 0.4) is 0 Å². The molecule has 1 unspecified atom stereocenters. The van der Waals surface area contributed by atoms with Gasteiger partial charge in [-0.05, 0) is 24.6 Å². The maximum absolute atomic E-state index is 6.25. The van der Waals surface area contributed by atoms with Crippen molar-refractivity contribution in [3.8, 4) is 11.4 Å². The second-order valence-corrected chi connectivity index (χ2v) is 5.35. The minimum Gasteiger partial charge on any atom is -0.371 e. The van der Waals surface area contributed by atoms with Crippen molar-refractivity contribution in [1.82, 2.24) is 14.8 Å². The SMILES string of the molecule is CCC1COCc2nnc(-c3cc(Cl)ccc3Cl)n21. The summed E-state index contributed by atoms with van der Waals surface area (Å²) in [5, 5.41) is 9.71. The lowest BCUT2D eigenvalue weighted by molar-refractivity contribution is 0.0542. The Hall–Kier alpha value is -1.10. The lowest BCUT2D eigenvalue weighted by atomic mass is 10.1. The molecule has 2 aromatic rings. The van der Waals surface area contributed by atoms with E-state index in [0.717, 1.165) is 23.6 Å². The Kier molecular flexibility index (Phi) is 3.48. The number of ether oxygens (including phenoxy) is 1. The van der Waals surface area contributed by atoms with E-state index in [1.807, 2.05) is 6.07 Å². The molecule has 1 aromatic carbocycles. The van der Waals surface area contributed by atoms with Crippen molar-refractivity contribution in [2.24, 2.45) is 0 Å². The van der Waals surface area contributed by atoms with Gasteiger partial charge in [-0.25, -0.2) is 0 Å². The molecule has 1 aromatic heterocycles. The molecule has 0 aliphatic carbocycles. The highest BCUT2D eigenvalue weighted by Crippen LogP contribution is 2.33. The average Bonchev–Trinajstić information content (AvgIpc) is 2.85. The summed E-state index contributed by atoms with van der Waals surface area (Å²) in [6.45, 7) is 3.28. The van der Waals surface area contributed by atoms with Crippen LogP contribution in [0, 0.1) is 0 Å². The van der Waals surface area contributed by atoms with Gasteiger partial charge in [0.15, 0.2) is 11.6 Å². The molecule has 0 radical (unpaired) electrons. The van der Waals surface area contributed by atoms with Crippen LogP contribution in [0.1, 0.15) is 25.2 Å². The smallest absolute Gasteiger partial charge is 0.165 e. The van der Waals surface area contributed by atoms with Gasteiger partial charge >= 0.3 is 0 Å². The number of fused-ring (bicyclic) bond motifs is 1. The molecule has 0 saturated heterocycles. The molecule has 4 nitrogen and oxygen atoms in total. The molecule has 0 amide bonds. The Bertz CT molecular complexity index is 612. The Morgan fingerprint density at radius 3 is 3.00 bits per heavy atom. The number of hydrogen-bond acceptors (Lipinski definition) is 3. The van der Waals surface area contributed by atoms with Crippen LogP contribution in [0.5, 0.6) is 0 Å². The van der Waals surface area contributed by atoms with Crippen molar-refractivity contribution in [3.05, 3.63) is 34.1 Å². The van der Waals surface area contributed by atoms with Crippen molar-refractivity contribution < 1.29 is 4.74 Å². The van der Waals surface area contributed by atoms with Gasteiger partial charge in [0.1, 0.15) is 6.61 Å². The molecule has 100 valence electrons. The monoisotopic (exact) mass is 297 g/mol. The molecular formula is C13H13Cl2N3O. The number of hydrogen-bond donors (Lipinski definition) is 0. The van der Waals surface area contributed by atoms with Gasteiger partial charge in [-0.1, -0.05) is 30.1 Å². The first-order valence-electron chi connectivity index (χ1n) is 6.17. The van der Waals surface area contributed by atoms with E-state index in [1.165, 1.54) is 0 Å². The number of benzene rings is 1. The van der Waals surface area contributed by atoms with Crippen molar-refractivity contribution in [2.75, 3.05) is 6.61 Å². The topological polar surface area (TPSA) is 39.9 Å². The summed E-state index contributed by atoms with van der Waals surface area (Å²) in [5.41, 5.74) is 0.813. The van der Waals surface area contributed by atoms with Gasteiger partial charge in [-0.15, -0.1) is 10.2 Å². The molecule has 0 fully saturated rings. The van der Waals surface area contributed by atoms with Crippen molar-refractivity contribution in [2.45, 2.75) is 26.0 Å². The largest absolute Gasteiger partial charge is 0.371 e. The average molecular weight is 298 g/mol. The van der Waals surface area contributed by atoms with Crippen LogP contribution in [0.4, 0.5) is 0 Å². The summed E-state index contributed by atoms with van der Waals surface area (Å²) in [4.78, 5) is 0. The molecule has 19 heavy (non-hydrogen) atoms. The van der Waals surface area contributed by atoms with Gasteiger partial charge in [0.25, 0.3) is 0 Å². The van der Waals surface area contributed by atoms with E-state index in [0.29, 0.717) is 23.3 Å². The highest BCUT2D eigenvalue weighted by Gasteiger charge is 2.25. The molecule has 0 spiro atoms. The van der Waals surface area contributed by atoms with E-state index >= 15 is 0 Å². The summed E-state index contributed by atoms with van der Waals surface area (Å²) < 4.78 is 7.63. The third-order valence-corrected chi connectivity index (χ3v) is 3.88. The van der Waals surface area contributed by atoms with E-state index < -0.39 is 0 Å². The number of rotatable bonds is 2. The lowest BCUT2D eigenvalue weighted by Gasteiger charge is -2.25. The highest BCUT2D eigenvalue weighted by atomic mass is 35.5. The Balaban J connectivity index is 2.16. The molecule has 0 bridgehead atoms. The first-order chi connectivity index (χ1) is 9.20. The first kappa shape index (κ1) is 12.9. The second-order valence-electron chi connectivity index (χ2n) is 4.51. The molecule has 3 rings (SSSR count). The summed E-state index contributed by atoms with van der Waals surface area (Å²) in [6, 6.07) is 5.61. The standard InChI is InChI=1S/C13H13Cl2N3O/c1-2-9-6-19-7-12-16-17-13(18(9)12)10-5-8(14)3-4-11(10)15/h3-5,9H,2,6-7H2,1H3. The highest BCUT2D eigenvalue weighted by molar-refractivity contribution is 6.35. The molecule has 1 aliphatic heterocycles. The zero-order chi connectivity index (χ0) is 13.4. The molecule has 0 saturated carbocycles. The molecular weight excluding hydrogens is 285 g/mol. The summed E-state index contributed by atoms with van der Waals surface area (Å²) in [7, 11) is 0. The van der Waals surface area contributed by atoms with Crippen molar-refractivity contribution in [3.63, 3.8) is 0 Å². The van der Waals surface area contributed by atoms with Gasteiger partial charge in [-0.2, -0.15) is 0 Å². The predicted molar refractivity (Wildman–Crippen MR) is 74.5 cm³/mol. The third kappa shape index (κ3) is 2.24. The van der Waals surface area contributed by atoms with Crippen LogP contribution in [-0.2, 0) is 11.3 Å². The quantitative estimate of drug-likeness (QED) is 0.848. The summed E-state index contributed by atoms with van der Waals surface area (Å²) in [5.74, 6) is 1.60.